The lowest BCUT2D eigenvalue weighted by Crippen LogP contribution is -2.37. The van der Waals surface area contributed by atoms with Crippen LogP contribution in [0, 0.1) is 13.8 Å². The molecule has 0 bridgehead atoms. The molecule has 3 rings (SSSR count). The normalized spacial score (nSPS) is 10.7. The Bertz CT molecular complexity index is 1280. The van der Waals surface area contributed by atoms with Crippen molar-refractivity contribution >= 4 is 34.6 Å². The van der Waals surface area contributed by atoms with Crippen molar-refractivity contribution in [3.8, 4) is 5.75 Å². The molecule has 1 aromatic carbocycles. The van der Waals surface area contributed by atoms with Crippen molar-refractivity contribution in [2.45, 2.75) is 27.3 Å². The Morgan fingerprint density at radius 1 is 1.18 bits per heavy atom. The number of benzene rings is 1. The molecule has 0 unspecified atom stereocenters. The number of carbonyl (C=O) groups excluding carboxylic acids is 3. The quantitative estimate of drug-likeness (QED) is 0.486. The van der Waals surface area contributed by atoms with Gasteiger partial charge in [-0.1, -0.05) is 6.07 Å². The molecular formula is C22H24N4O7. The molecule has 2 heterocycles. The lowest BCUT2D eigenvalue weighted by molar-refractivity contribution is -0.124. The minimum absolute atomic E-state index is 0.0226. The molecule has 11 nitrogen and oxygen atoms in total. The Morgan fingerprint density at radius 3 is 2.64 bits per heavy atom. The molecule has 0 aliphatic heterocycles. The Labute approximate surface area is 188 Å². The van der Waals surface area contributed by atoms with E-state index in [1.165, 1.54) is 14.0 Å². The van der Waals surface area contributed by atoms with E-state index in [1.807, 2.05) is 13.0 Å². The number of esters is 1. The third-order valence-electron chi connectivity index (χ3n) is 4.72. The number of anilines is 1. The maximum atomic E-state index is 12.9. The van der Waals surface area contributed by atoms with Gasteiger partial charge in [-0.05, 0) is 38.5 Å². The van der Waals surface area contributed by atoms with Gasteiger partial charge in [-0.15, -0.1) is 0 Å². The third kappa shape index (κ3) is 5.20. The summed E-state index contributed by atoms with van der Waals surface area (Å²) in [4.78, 5) is 53.7. The van der Waals surface area contributed by atoms with Crippen LogP contribution < -0.4 is 20.9 Å². The molecule has 33 heavy (non-hydrogen) atoms. The number of hydrogen-bond acceptors (Lipinski definition) is 8. The zero-order valence-corrected chi connectivity index (χ0v) is 18.7. The highest BCUT2D eigenvalue weighted by Crippen LogP contribution is 2.25. The van der Waals surface area contributed by atoms with Crippen molar-refractivity contribution < 1.29 is 28.3 Å². The number of amides is 2. The number of aromatic nitrogens is 2. The van der Waals surface area contributed by atoms with E-state index < -0.39 is 29.9 Å². The van der Waals surface area contributed by atoms with Gasteiger partial charge in [0.2, 0.25) is 17.5 Å². The lowest BCUT2D eigenvalue weighted by atomic mass is 10.2. The predicted octanol–water partition coefficient (Wildman–Crippen LogP) is 1.55. The van der Waals surface area contributed by atoms with Gasteiger partial charge >= 0.3 is 5.97 Å². The first kappa shape index (κ1) is 23.5. The number of ether oxygens (including phenoxy) is 2. The summed E-state index contributed by atoms with van der Waals surface area (Å²) in [6.07, 6.45) is 1.14. The number of carbonyl (C=O) groups is 3. The molecule has 0 fully saturated rings. The molecular weight excluding hydrogens is 432 g/mol. The zero-order chi connectivity index (χ0) is 24.1. The molecule has 2 aromatic heterocycles. The maximum absolute atomic E-state index is 12.9. The Balaban J connectivity index is 1.70. The van der Waals surface area contributed by atoms with Crippen LogP contribution in [0.1, 0.15) is 28.6 Å². The van der Waals surface area contributed by atoms with Crippen LogP contribution in [0.2, 0.25) is 0 Å². The molecule has 0 atom stereocenters. The molecule has 0 radical (unpaired) electrons. The summed E-state index contributed by atoms with van der Waals surface area (Å²) in [5.74, 6) is -1.10. The van der Waals surface area contributed by atoms with E-state index in [4.69, 9.17) is 13.9 Å². The molecule has 0 saturated carbocycles. The summed E-state index contributed by atoms with van der Waals surface area (Å²) < 4.78 is 16.6. The fourth-order valence-corrected chi connectivity index (χ4v) is 3.20. The summed E-state index contributed by atoms with van der Waals surface area (Å²) in [6.45, 7) is 4.43. The van der Waals surface area contributed by atoms with Gasteiger partial charge in [-0.2, -0.15) is 0 Å². The van der Waals surface area contributed by atoms with E-state index in [2.05, 4.69) is 15.6 Å². The Hall–Kier alpha value is -4.15. The fourth-order valence-electron chi connectivity index (χ4n) is 3.20. The van der Waals surface area contributed by atoms with E-state index in [0.717, 1.165) is 16.5 Å². The van der Waals surface area contributed by atoms with Gasteiger partial charge < -0.3 is 24.5 Å². The molecule has 0 spiro atoms. The van der Waals surface area contributed by atoms with E-state index in [1.54, 1.807) is 19.1 Å². The first-order chi connectivity index (χ1) is 15.7. The van der Waals surface area contributed by atoms with Crippen molar-refractivity contribution in [2.24, 2.45) is 0 Å². The van der Waals surface area contributed by atoms with Gasteiger partial charge in [0.15, 0.2) is 0 Å². The number of aryl methyl sites for hydroxylation is 2. The summed E-state index contributed by atoms with van der Waals surface area (Å²) in [5.41, 5.74) is 0.719. The number of fused-ring (bicyclic) bond motifs is 1. The first-order valence-electron chi connectivity index (χ1n) is 10.1. The SMILES string of the molecule is CCOC(=O)c1c(C)oc2ncn(CC(=O)NCC(=O)Nc3cc(C)ccc3OC)c(=O)c12. The summed E-state index contributed by atoms with van der Waals surface area (Å²) >= 11 is 0. The van der Waals surface area contributed by atoms with Crippen molar-refractivity contribution in [2.75, 3.05) is 25.6 Å². The second-order valence-electron chi connectivity index (χ2n) is 7.14. The van der Waals surface area contributed by atoms with Crippen LogP contribution in [0.5, 0.6) is 5.75 Å². The Morgan fingerprint density at radius 2 is 1.94 bits per heavy atom. The second kappa shape index (κ2) is 9.98. The largest absolute Gasteiger partial charge is 0.495 e. The lowest BCUT2D eigenvalue weighted by Gasteiger charge is -2.12. The number of methoxy groups -OCH3 is 1. The minimum atomic E-state index is -0.710. The number of rotatable bonds is 8. The van der Waals surface area contributed by atoms with Gasteiger partial charge in [0.05, 0.1) is 25.9 Å². The van der Waals surface area contributed by atoms with Crippen LogP contribution in [-0.4, -0.2) is 47.6 Å². The number of nitrogens with zero attached hydrogens (tertiary/aromatic N) is 2. The molecule has 0 aliphatic carbocycles. The van der Waals surface area contributed by atoms with E-state index in [0.29, 0.717) is 11.4 Å². The van der Waals surface area contributed by atoms with E-state index in [9.17, 15) is 19.2 Å². The zero-order valence-electron chi connectivity index (χ0n) is 18.7. The number of hydrogen-bond donors (Lipinski definition) is 2. The van der Waals surface area contributed by atoms with Gasteiger partial charge in [0.25, 0.3) is 5.56 Å². The molecule has 2 N–H and O–H groups in total. The summed E-state index contributed by atoms with van der Waals surface area (Å²) in [5, 5.41) is 5.05. The van der Waals surface area contributed by atoms with Gasteiger partial charge in [0.1, 0.15) is 35.3 Å². The molecule has 174 valence electrons. The minimum Gasteiger partial charge on any atom is -0.495 e. The van der Waals surface area contributed by atoms with Gasteiger partial charge in [0, 0.05) is 0 Å². The van der Waals surface area contributed by atoms with E-state index >= 15 is 0 Å². The highest BCUT2D eigenvalue weighted by Gasteiger charge is 2.24. The highest BCUT2D eigenvalue weighted by atomic mass is 16.5. The van der Waals surface area contributed by atoms with Gasteiger partial charge in [-0.25, -0.2) is 9.78 Å². The van der Waals surface area contributed by atoms with Crippen LogP contribution in [-0.2, 0) is 20.9 Å². The topological polar surface area (TPSA) is 142 Å². The summed E-state index contributed by atoms with van der Waals surface area (Å²) in [7, 11) is 1.49. The van der Waals surface area contributed by atoms with Gasteiger partial charge in [-0.3, -0.25) is 19.0 Å². The first-order valence-corrected chi connectivity index (χ1v) is 10.1. The monoisotopic (exact) mass is 456 g/mol. The van der Waals surface area contributed by atoms with Crippen molar-refractivity contribution in [3.05, 3.63) is 51.8 Å². The maximum Gasteiger partial charge on any atom is 0.342 e. The highest BCUT2D eigenvalue weighted by molar-refractivity contribution is 6.03. The van der Waals surface area contributed by atoms with Crippen molar-refractivity contribution in [3.63, 3.8) is 0 Å². The average Bonchev–Trinajstić information content (AvgIpc) is 3.11. The number of nitrogens with one attached hydrogen (secondary N) is 2. The Kier molecular flexibility index (Phi) is 7.11. The molecule has 0 saturated heterocycles. The van der Waals surface area contributed by atoms with E-state index in [-0.39, 0.29) is 35.6 Å². The molecule has 11 heteroatoms. The summed E-state index contributed by atoms with van der Waals surface area (Å²) in [6, 6.07) is 5.31. The predicted molar refractivity (Wildman–Crippen MR) is 118 cm³/mol. The van der Waals surface area contributed by atoms with Crippen molar-refractivity contribution in [1.29, 1.82) is 0 Å². The van der Waals surface area contributed by atoms with Crippen LogP contribution in [0.3, 0.4) is 0 Å². The van der Waals surface area contributed by atoms with Crippen LogP contribution in [0.25, 0.3) is 11.1 Å². The van der Waals surface area contributed by atoms with Crippen molar-refractivity contribution in [1.82, 2.24) is 14.9 Å². The standard InChI is InChI=1S/C22H24N4O7/c1-5-32-22(30)18-13(3)33-20-19(18)21(29)26(11-24-20)10-17(28)23-9-16(27)25-14-8-12(2)6-7-15(14)31-4/h6-8,11H,5,9-10H2,1-4H3,(H,23,28)(H,25,27). The second-order valence-corrected chi connectivity index (χ2v) is 7.14. The van der Waals surface area contributed by atoms with Crippen LogP contribution >= 0.6 is 0 Å². The molecule has 2 amide bonds. The molecule has 0 aliphatic rings. The molecule has 3 aromatic rings. The number of furan rings is 1. The third-order valence-corrected chi connectivity index (χ3v) is 4.72. The average molecular weight is 456 g/mol. The van der Waals surface area contributed by atoms with Crippen LogP contribution in [0.4, 0.5) is 5.69 Å². The smallest absolute Gasteiger partial charge is 0.342 e. The van der Waals surface area contributed by atoms with Crippen LogP contribution in [0.15, 0.2) is 33.7 Å². The fraction of sp³-hybridized carbons (Fsp3) is 0.318.